The van der Waals surface area contributed by atoms with Gasteiger partial charge in [-0.3, -0.25) is 0 Å². The molecule has 2 rings (SSSR count). The number of phenols is 1. The summed E-state index contributed by atoms with van der Waals surface area (Å²) in [6.07, 6.45) is 0. The third kappa shape index (κ3) is 2.74. The van der Waals surface area contributed by atoms with Gasteiger partial charge in [-0.2, -0.15) is 0 Å². The Bertz CT molecular complexity index is 499. The zero-order valence-corrected chi connectivity index (χ0v) is 9.50. The van der Waals surface area contributed by atoms with Crippen molar-refractivity contribution in [1.29, 1.82) is 0 Å². The zero-order valence-electron chi connectivity index (χ0n) is 7.98. The molecule has 0 aliphatic carbocycles. The van der Waals surface area contributed by atoms with Crippen LogP contribution in [0, 0.1) is 0 Å². The Balaban J connectivity index is 2.27. The average Bonchev–Trinajstić information content (AvgIpc) is 2.15. The van der Waals surface area contributed by atoms with E-state index in [2.05, 4.69) is 15.3 Å². The van der Waals surface area contributed by atoms with Gasteiger partial charge >= 0.3 is 0 Å². The predicted molar refractivity (Wildman–Crippen MR) is 63.4 cm³/mol. The lowest BCUT2D eigenvalue weighted by molar-refractivity contribution is 0.475. The van der Waals surface area contributed by atoms with Gasteiger partial charge in [-0.15, -0.1) is 0 Å². The number of anilines is 2. The van der Waals surface area contributed by atoms with Gasteiger partial charge in [-0.05, 0) is 12.1 Å². The highest BCUT2D eigenvalue weighted by molar-refractivity contribution is 6.33. The van der Waals surface area contributed by atoms with Crippen molar-refractivity contribution in [2.75, 3.05) is 5.32 Å². The van der Waals surface area contributed by atoms with Gasteiger partial charge in [-0.25, -0.2) is 9.97 Å². The van der Waals surface area contributed by atoms with Gasteiger partial charge in [0, 0.05) is 17.8 Å². The first-order chi connectivity index (χ1) is 7.63. The number of hydrogen-bond acceptors (Lipinski definition) is 4. The molecule has 82 valence electrons. The van der Waals surface area contributed by atoms with E-state index in [-0.39, 0.29) is 22.0 Å². The van der Waals surface area contributed by atoms with E-state index in [0.717, 1.165) is 0 Å². The minimum atomic E-state index is 0.151. The largest absolute Gasteiger partial charge is 0.508 e. The van der Waals surface area contributed by atoms with Crippen LogP contribution in [-0.2, 0) is 0 Å². The molecule has 6 heteroatoms. The fourth-order valence-corrected chi connectivity index (χ4v) is 1.58. The topological polar surface area (TPSA) is 58.0 Å². The molecule has 4 nitrogen and oxygen atoms in total. The van der Waals surface area contributed by atoms with Gasteiger partial charge in [0.05, 0.1) is 0 Å². The molecule has 0 saturated carbocycles. The summed E-state index contributed by atoms with van der Waals surface area (Å²) in [4.78, 5) is 7.87. The Kier molecular flexibility index (Phi) is 3.12. The third-order valence-electron chi connectivity index (χ3n) is 1.77. The first-order valence-electron chi connectivity index (χ1n) is 4.39. The summed E-state index contributed by atoms with van der Waals surface area (Å²) < 4.78 is 0. The van der Waals surface area contributed by atoms with Gasteiger partial charge in [0.2, 0.25) is 5.95 Å². The van der Waals surface area contributed by atoms with Gasteiger partial charge < -0.3 is 10.4 Å². The molecule has 0 saturated heterocycles. The normalized spacial score (nSPS) is 10.1. The first-order valence-corrected chi connectivity index (χ1v) is 5.15. The number of aromatic nitrogens is 2. The number of benzene rings is 1. The Labute approximate surface area is 102 Å². The van der Waals surface area contributed by atoms with Crippen LogP contribution in [0.15, 0.2) is 30.3 Å². The maximum absolute atomic E-state index is 9.27. The van der Waals surface area contributed by atoms with E-state index >= 15 is 0 Å². The van der Waals surface area contributed by atoms with Crippen LogP contribution >= 0.6 is 23.2 Å². The van der Waals surface area contributed by atoms with Crippen molar-refractivity contribution in [2.45, 2.75) is 0 Å². The summed E-state index contributed by atoms with van der Waals surface area (Å²) >= 11 is 11.4. The highest BCUT2D eigenvalue weighted by atomic mass is 35.5. The lowest BCUT2D eigenvalue weighted by Crippen LogP contribution is -1.97. The van der Waals surface area contributed by atoms with E-state index in [9.17, 15) is 5.11 Å². The van der Waals surface area contributed by atoms with E-state index < -0.39 is 0 Å². The highest BCUT2D eigenvalue weighted by Crippen LogP contribution is 2.20. The molecule has 16 heavy (non-hydrogen) atoms. The van der Waals surface area contributed by atoms with Crippen LogP contribution < -0.4 is 5.32 Å². The summed E-state index contributed by atoms with van der Waals surface area (Å²) in [6.45, 7) is 0. The fraction of sp³-hybridized carbons (Fsp3) is 0. The van der Waals surface area contributed by atoms with E-state index in [1.54, 1.807) is 18.2 Å². The number of halogens is 2. The van der Waals surface area contributed by atoms with Gasteiger partial charge in [0.15, 0.2) is 0 Å². The van der Waals surface area contributed by atoms with E-state index in [1.807, 2.05) is 0 Å². The van der Waals surface area contributed by atoms with Crippen LogP contribution in [0.4, 0.5) is 11.6 Å². The minimum Gasteiger partial charge on any atom is -0.508 e. The number of hydrogen-bond donors (Lipinski definition) is 2. The summed E-state index contributed by atoms with van der Waals surface area (Å²) in [7, 11) is 0. The van der Waals surface area contributed by atoms with Crippen LogP contribution in [0.1, 0.15) is 0 Å². The molecule has 2 aromatic rings. The molecule has 0 amide bonds. The van der Waals surface area contributed by atoms with Crippen LogP contribution in [0.3, 0.4) is 0 Å². The molecule has 2 N–H and O–H groups in total. The molecular weight excluding hydrogens is 249 g/mol. The average molecular weight is 256 g/mol. The van der Waals surface area contributed by atoms with Crippen LogP contribution in [0.5, 0.6) is 5.75 Å². The van der Waals surface area contributed by atoms with Crippen molar-refractivity contribution in [3.8, 4) is 5.75 Å². The Morgan fingerprint density at radius 2 is 1.75 bits per heavy atom. The molecule has 0 atom stereocenters. The second kappa shape index (κ2) is 4.55. The molecule has 1 aromatic carbocycles. The highest BCUT2D eigenvalue weighted by Gasteiger charge is 2.02. The maximum Gasteiger partial charge on any atom is 0.230 e. The van der Waals surface area contributed by atoms with Crippen molar-refractivity contribution in [2.24, 2.45) is 0 Å². The van der Waals surface area contributed by atoms with Crippen LogP contribution in [0.25, 0.3) is 0 Å². The molecule has 0 aliphatic heterocycles. The van der Waals surface area contributed by atoms with Crippen LogP contribution in [0.2, 0.25) is 10.3 Å². The van der Waals surface area contributed by atoms with Crippen molar-refractivity contribution in [3.05, 3.63) is 40.6 Å². The standard InChI is InChI=1S/C10H7Cl2N3O/c11-8-5-9(12)15-10(14-8)13-6-2-1-3-7(16)4-6/h1-5,16H,(H,13,14,15). The first kappa shape index (κ1) is 11.0. The molecule has 0 bridgehead atoms. The quantitative estimate of drug-likeness (QED) is 0.810. The lowest BCUT2D eigenvalue weighted by atomic mass is 10.3. The smallest absolute Gasteiger partial charge is 0.230 e. The maximum atomic E-state index is 9.27. The molecule has 0 radical (unpaired) electrons. The number of phenolic OH excluding ortho intramolecular Hbond substituents is 1. The van der Waals surface area contributed by atoms with E-state index in [4.69, 9.17) is 23.2 Å². The summed E-state index contributed by atoms with van der Waals surface area (Å²) in [6, 6.07) is 8.01. The van der Waals surface area contributed by atoms with Crippen molar-refractivity contribution >= 4 is 34.8 Å². The number of nitrogens with one attached hydrogen (secondary N) is 1. The zero-order chi connectivity index (χ0) is 11.5. The van der Waals surface area contributed by atoms with Gasteiger partial charge in [0.25, 0.3) is 0 Å². The molecule has 0 spiro atoms. The summed E-state index contributed by atoms with van der Waals surface area (Å²) in [5.74, 6) is 0.432. The van der Waals surface area contributed by atoms with Crippen molar-refractivity contribution in [1.82, 2.24) is 9.97 Å². The Morgan fingerprint density at radius 1 is 1.06 bits per heavy atom. The summed E-state index contributed by atoms with van der Waals surface area (Å²) in [5.41, 5.74) is 0.651. The van der Waals surface area contributed by atoms with Crippen molar-refractivity contribution < 1.29 is 5.11 Å². The number of rotatable bonds is 2. The van der Waals surface area contributed by atoms with E-state index in [0.29, 0.717) is 5.69 Å². The van der Waals surface area contributed by atoms with Crippen molar-refractivity contribution in [3.63, 3.8) is 0 Å². The molecule has 1 aromatic heterocycles. The Hall–Kier alpha value is -1.52. The SMILES string of the molecule is Oc1cccc(Nc2nc(Cl)cc(Cl)n2)c1. The third-order valence-corrected chi connectivity index (χ3v) is 2.15. The van der Waals surface area contributed by atoms with Gasteiger partial charge in [0.1, 0.15) is 16.1 Å². The summed E-state index contributed by atoms with van der Waals surface area (Å²) in [5, 5.41) is 12.6. The Morgan fingerprint density at radius 3 is 2.38 bits per heavy atom. The number of nitrogens with zero attached hydrogens (tertiary/aromatic N) is 2. The molecule has 0 unspecified atom stereocenters. The van der Waals surface area contributed by atoms with Crippen LogP contribution in [-0.4, -0.2) is 15.1 Å². The molecule has 0 aliphatic rings. The van der Waals surface area contributed by atoms with Gasteiger partial charge in [-0.1, -0.05) is 29.3 Å². The monoisotopic (exact) mass is 255 g/mol. The molecule has 0 fully saturated rings. The van der Waals surface area contributed by atoms with E-state index in [1.165, 1.54) is 12.1 Å². The molecule has 1 heterocycles. The second-order valence-electron chi connectivity index (χ2n) is 3.01. The molecular formula is C10H7Cl2N3O. The second-order valence-corrected chi connectivity index (χ2v) is 3.79. The number of aromatic hydroxyl groups is 1. The predicted octanol–water partition coefficient (Wildman–Crippen LogP) is 3.23. The lowest BCUT2D eigenvalue weighted by Gasteiger charge is -2.05. The fourth-order valence-electron chi connectivity index (χ4n) is 1.16. The minimum absolute atomic E-state index is 0.151.